The second-order valence-corrected chi connectivity index (χ2v) is 6.39. The molecule has 1 aliphatic rings. The summed E-state index contributed by atoms with van der Waals surface area (Å²) in [5, 5.41) is 8.97. The zero-order valence-corrected chi connectivity index (χ0v) is 12.4. The SMILES string of the molecule is COc1ccc(C(=O)O)cc1S(=O)(=O)NC[C@@H]1CCCO1. The van der Waals surface area contributed by atoms with Crippen LogP contribution in [0.3, 0.4) is 0 Å². The van der Waals surface area contributed by atoms with Crippen LogP contribution in [-0.4, -0.2) is 45.9 Å². The van der Waals surface area contributed by atoms with E-state index in [1.807, 2.05) is 0 Å². The summed E-state index contributed by atoms with van der Waals surface area (Å²) in [7, 11) is -2.54. The van der Waals surface area contributed by atoms with Crippen molar-refractivity contribution in [2.45, 2.75) is 23.8 Å². The molecule has 1 aliphatic heterocycles. The van der Waals surface area contributed by atoms with Crippen LogP contribution < -0.4 is 9.46 Å². The third-order valence-corrected chi connectivity index (χ3v) is 4.67. The van der Waals surface area contributed by atoms with Crippen molar-refractivity contribution in [3.63, 3.8) is 0 Å². The summed E-state index contributed by atoms with van der Waals surface area (Å²) in [6.07, 6.45) is 1.56. The van der Waals surface area contributed by atoms with Crippen LogP contribution in [0.2, 0.25) is 0 Å². The van der Waals surface area contributed by atoms with E-state index in [0.29, 0.717) is 6.61 Å². The molecular weight excluding hydrogens is 298 g/mol. The van der Waals surface area contributed by atoms with E-state index in [0.717, 1.165) is 18.9 Å². The predicted molar refractivity (Wildman–Crippen MR) is 74.1 cm³/mol. The molecule has 0 spiro atoms. The Labute approximate surface area is 122 Å². The number of hydrogen-bond donors (Lipinski definition) is 2. The second kappa shape index (κ2) is 6.42. The Balaban J connectivity index is 2.24. The fourth-order valence-electron chi connectivity index (χ4n) is 2.11. The molecule has 7 nitrogen and oxygen atoms in total. The molecule has 1 aromatic rings. The zero-order valence-electron chi connectivity index (χ0n) is 11.5. The molecule has 0 bridgehead atoms. The molecule has 1 saturated heterocycles. The minimum atomic E-state index is -3.86. The van der Waals surface area contributed by atoms with Crippen LogP contribution >= 0.6 is 0 Å². The lowest BCUT2D eigenvalue weighted by atomic mass is 10.2. The Bertz CT molecular complexity index is 622. The Morgan fingerprint density at radius 2 is 2.29 bits per heavy atom. The fourth-order valence-corrected chi connectivity index (χ4v) is 3.36. The number of rotatable bonds is 6. The number of ether oxygens (including phenoxy) is 2. The number of aromatic carboxylic acids is 1. The van der Waals surface area contributed by atoms with E-state index >= 15 is 0 Å². The van der Waals surface area contributed by atoms with Gasteiger partial charge in [0.2, 0.25) is 10.0 Å². The van der Waals surface area contributed by atoms with Crippen LogP contribution in [-0.2, 0) is 14.8 Å². The summed E-state index contributed by atoms with van der Waals surface area (Å²) in [5.74, 6) is -1.10. The van der Waals surface area contributed by atoms with Crippen molar-refractivity contribution in [2.24, 2.45) is 0 Å². The minimum Gasteiger partial charge on any atom is -0.495 e. The lowest BCUT2D eigenvalue weighted by molar-refractivity contribution is 0.0696. The number of benzene rings is 1. The van der Waals surface area contributed by atoms with Gasteiger partial charge in [-0.05, 0) is 31.0 Å². The topological polar surface area (TPSA) is 102 Å². The van der Waals surface area contributed by atoms with E-state index in [2.05, 4.69) is 4.72 Å². The third kappa shape index (κ3) is 3.72. The number of sulfonamides is 1. The van der Waals surface area contributed by atoms with E-state index in [-0.39, 0.29) is 28.9 Å². The van der Waals surface area contributed by atoms with Gasteiger partial charge < -0.3 is 14.6 Å². The molecule has 2 rings (SSSR count). The van der Waals surface area contributed by atoms with Gasteiger partial charge in [0, 0.05) is 13.2 Å². The first kappa shape index (κ1) is 15.7. The number of hydrogen-bond acceptors (Lipinski definition) is 5. The van der Waals surface area contributed by atoms with Crippen LogP contribution in [0.15, 0.2) is 23.1 Å². The Hall–Kier alpha value is -1.64. The molecule has 1 atom stereocenters. The molecule has 8 heteroatoms. The number of carboxylic acids is 1. The van der Waals surface area contributed by atoms with E-state index < -0.39 is 16.0 Å². The molecule has 0 unspecified atom stereocenters. The average Bonchev–Trinajstić information content (AvgIpc) is 2.98. The highest BCUT2D eigenvalue weighted by atomic mass is 32.2. The van der Waals surface area contributed by atoms with Crippen molar-refractivity contribution in [1.82, 2.24) is 4.72 Å². The molecule has 0 radical (unpaired) electrons. The van der Waals surface area contributed by atoms with Crippen LogP contribution in [0.1, 0.15) is 23.2 Å². The van der Waals surface area contributed by atoms with E-state index in [9.17, 15) is 13.2 Å². The highest BCUT2D eigenvalue weighted by Gasteiger charge is 2.24. The number of methoxy groups -OCH3 is 1. The van der Waals surface area contributed by atoms with Crippen molar-refractivity contribution < 1.29 is 27.8 Å². The van der Waals surface area contributed by atoms with Crippen molar-refractivity contribution in [1.29, 1.82) is 0 Å². The summed E-state index contributed by atoms with van der Waals surface area (Å²) in [6.45, 7) is 0.785. The molecule has 21 heavy (non-hydrogen) atoms. The Morgan fingerprint density at radius 1 is 1.52 bits per heavy atom. The number of carboxylic acid groups (broad SMARTS) is 1. The summed E-state index contributed by atoms with van der Waals surface area (Å²) in [5.41, 5.74) is -0.117. The number of nitrogens with one attached hydrogen (secondary N) is 1. The largest absolute Gasteiger partial charge is 0.495 e. The first-order valence-corrected chi connectivity index (χ1v) is 7.95. The monoisotopic (exact) mass is 315 g/mol. The van der Waals surface area contributed by atoms with Crippen molar-refractivity contribution in [3.8, 4) is 5.75 Å². The summed E-state index contributed by atoms with van der Waals surface area (Å²) in [6, 6.07) is 3.70. The van der Waals surface area contributed by atoms with Gasteiger partial charge in [0.1, 0.15) is 10.6 Å². The second-order valence-electron chi connectivity index (χ2n) is 4.66. The van der Waals surface area contributed by atoms with Gasteiger partial charge in [-0.2, -0.15) is 0 Å². The van der Waals surface area contributed by atoms with Gasteiger partial charge in [0.25, 0.3) is 0 Å². The van der Waals surface area contributed by atoms with E-state index in [1.54, 1.807) is 0 Å². The summed E-state index contributed by atoms with van der Waals surface area (Å²) >= 11 is 0. The van der Waals surface area contributed by atoms with E-state index in [1.165, 1.54) is 19.2 Å². The summed E-state index contributed by atoms with van der Waals surface area (Å²) in [4.78, 5) is 10.8. The van der Waals surface area contributed by atoms with Crippen molar-refractivity contribution in [3.05, 3.63) is 23.8 Å². The van der Waals surface area contributed by atoms with Crippen LogP contribution in [0.25, 0.3) is 0 Å². The van der Waals surface area contributed by atoms with E-state index in [4.69, 9.17) is 14.6 Å². The van der Waals surface area contributed by atoms with Gasteiger partial charge in [-0.1, -0.05) is 0 Å². The smallest absolute Gasteiger partial charge is 0.335 e. The van der Waals surface area contributed by atoms with Crippen molar-refractivity contribution >= 4 is 16.0 Å². The molecule has 0 aliphatic carbocycles. The van der Waals surface area contributed by atoms with Gasteiger partial charge in [-0.15, -0.1) is 0 Å². The molecule has 1 heterocycles. The Morgan fingerprint density at radius 3 is 2.86 bits per heavy atom. The average molecular weight is 315 g/mol. The standard InChI is InChI=1S/C13H17NO6S/c1-19-11-5-4-9(13(15)16)7-12(11)21(17,18)14-8-10-3-2-6-20-10/h4-5,7,10,14H,2-3,6,8H2,1H3,(H,15,16)/t10-/m0/s1. The maximum atomic E-state index is 12.3. The van der Waals surface area contributed by atoms with Crippen molar-refractivity contribution in [2.75, 3.05) is 20.3 Å². The molecule has 1 aromatic carbocycles. The lowest BCUT2D eigenvalue weighted by Crippen LogP contribution is -2.32. The third-order valence-electron chi connectivity index (χ3n) is 3.23. The zero-order chi connectivity index (χ0) is 15.5. The quantitative estimate of drug-likeness (QED) is 0.807. The van der Waals surface area contributed by atoms with Crippen LogP contribution in [0, 0.1) is 0 Å². The maximum Gasteiger partial charge on any atom is 0.335 e. The molecule has 0 aromatic heterocycles. The van der Waals surface area contributed by atoms with Gasteiger partial charge >= 0.3 is 5.97 Å². The molecule has 2 N–H and O–H groups in total. The predicted octanol–water partition coefficient (Wildman–Crippen LogP) is 0.851. The van der Waals surface area contributed by atoms with Gasteiger partial charge in [0.15, 0.2) is 0 Å². The molecule has 0 amide bonds. The minimum absolute atomic E-state index is 0.0971. The maximum absolute atomic E-state index is 12.3. The van der Waals surface area contributed by atoms with Gasteiger partial charge in [0.05, 0.1) is 18.8 Å². The number of carbonyl (C=O) groups is 1. The first-order chi connectivity index (χ1) is 9.94. The van der Waals surface area contributed by atoms with Crippen LogP contribution in [0.5, 0.6) is 5.75 Å². The van der Waals surface area contributed by atoms with Gasteiger partial charge in [-0.3, -0.25) is 0 Å². The highest BCUT2D eigenvalue weighted by molar-refractivity contribution is 7.89. The molecule has 1 fully saturated rings. The normalized spacial score (nSPS) is 18.6. The molecule has 116 valence electrons. The fraction of sp³-hybridized carbons (Fsp3) is 0.462. The molecule has 0 saturated carbocycles. The Kier molecular flexibility index (Phi) is 4.81. The summed E-state index contributed by atoms with van der Waals surface area (Å²) < 4.78 is 37.4. The first-order valence-electron chi connectivity index (χ1n) is 6.46. The lowest BCUT2D eigenvalue weighted by Gasteiger charge is -2.14. The van der Waals surface area contributed by atoms with Crippen LogP contribution in [0.4, 0.5) is 0 Å². The van der Waals surface area contributed by atoms with Gasteiger partial charge in [-0.25, -0.2) is 17.9 Å². The molecular formula is C13H17NO6S. The highest BCUT2D eigenvalue weighted by Crippen LogP contribution is 2.25.